The monoisotopic (exact) mass is 472 g/mol. The van der Waals surface area contributed by atoms with Gasteiger partial charge in [0.05, 0.1) is 11.4 Å². The lowest BCUT2D eigenvalue weighted by Crippen LogP contribution is -2.27. The molecule has 34 heavy (non-hydrogen) atoms. The van der Waals surface area contributed by atoms with Crippen molar-refractivity contribution >= 4 is 40.6 Å². The molecule has 1 N–H and O–H groups in total. The van der Waals surface area contributed by atoms with Gasteiger partial charge in [0.2, 0.25) is 0 Å². The molecule has 7 heteroatoms. The van der Waals surface area contributed by atoms with Gasteiger partial charge in [-0.05, 0) is 66.6 Å². The van der Waals surface area contributed by atoms with E-state index >= 15 is 0 Å². The first kappa shape index (κ1) is 23.3. The van der Waals surface area contributed by atoms with E-state index < -0.39 is 0 Å². The molecule has 3 aromatic rings. The third kappa shape index (κ3) is 5.74. The molecule has 3 aromatic carbocycles. The highest BCUT2D eigenvalue weighted by molar-refractivity contribution is 8.18. The molecule has 1 fully saturated rings. The maximum absolute atomic E-state index is 12.8. The van der Waals surface area contributed by atoms with Gasteiger partial charge in [-0.25, -0.2) is 0 Å². The largest absolute Gasteiger partial charge is 0.484 e. The van der Waals surface area contributed by atoms with Crippen LogP contribution in [0.3, 0.4) is 0 Å². The lowest BCUT2D eigenvalue weighted by molar-refractivity contribution is -0.123. The Bertz CT molecular complexity index is 1250. The van der Waals surface area contributed by atoms with E-state index in [4.69, 9.17) is 4.74 Å². The van der Waals surface area contributed by atoms with Gasteiger partial charge in [-0.15, -0.1) is 0 Å². The number of para-hydroxylation sites is 1. The first-order valence-corrected chi connectivity index (χ1v) is 11.6. The van der Waals surface area contributed by atoms with Gasteiger partial charge >= 0.3 is 0 Å². The summed E-state index contributed by atoms with van der Waals surface area (Å²) in [5.74, 6) is -0.0195. The van der Waals surface area contributed by atoms with Crippen molar-refractivity contribution in [3.8, 4) is 5.75 Å². The molecule has 1 aliphatic heterocycles. The molecule has 0 radical (unpaired) electrons. The molecule has 0 saturated carbocycles. The minimum atomic E-state index is -0.302. The molecule has 4 rings (SSSR count). The smallest absolute Gasteiger partial charge is 0.293 e. The standard InChI is InChI=1S/C27H24N2O4S/c1-18-7-9-21(10-8-18)16-29-26(31)24(34-27(29)32)15-20-11-13-22(14-12-20)33-17-25(30)28-23-6-4-3-5-19(23)2/h3-15H,16-17H2,1-2H3,(H,28,30)/b24-15-. The second kappa shape index (κ2) is 10.4. The Labute approximate surface area is 202 Å². The van der Waals surface area contributed by atoms with E-state index in [9.17, 15) is 14.4 Å². The summed E-state index contributed by atoms with van der Waals surface area (Å²) in [5, 5.41) is 2.54. The number of thioether (sulfide) groups is 1. The van der Waals surface area contributed by atoms with E-state index in [1.165, 1.54) is 4.90 Å². The van der Waals surface area contributed by atoms with Gasteiger partial charge in [0.25, 0.3) is 17.1 Å². The molecular formula is C27H24N2O4S. The van der Waals surface area contributed by atoms with Crippen molar-refractivity contribution in [1.29, 1.82) is 0 Å². The summed E-state index contributed by atoms with van der Waals surface area (Å²) in [4.78, 5) is 38.9. The summed E-state index contributed by atoms with van der Waals surface area (Å²) < 4.78 is 5.57. The molecule has 1 aliphatic rings. The number of anilines is 1. The number of hydrogen-bond donors (Lipinski definition) is 1. The zero-order valence-electron chi connectivity index (χ0n) is 18.9. The highest BCUT2D eigenvalue weighted by Gasteiger charge is 2.34. The Morgan fingerprint density at radius 2 is 1.68 bits per heavy atom. The fraction of sp³-hybridized carbons (Fsp3) is 0.148. The van der Waals surface area contributed by atoms with Crippen molar-refractivity contribution in [1.82, 2.24) is 4.90 Å². The highest BCUT2D eigenvalue weighted by atomic mass is 32.2. The lowest BCUT2D eigenvalue weighted by atomic mass is 10.1. The Morgan fingerprint density at radius 1 is 0.971 bits per heavy atom. The van der Waals surface area contributed by atoms with Crippen LogP contribution >= 0.6 is 11.8 Å². The molecule has 0 aliphatic carbocycles. The second-order valence-corrected chi connectivity index (χ2v) is 8.97. The number of aryl methyl sites for hydroxylation is 2. The minimum absolute atomic E-state index is 0.119. The average molecular weight is 473 g/mol. The Balaban J connectivity index is 1.34. The first-order valence-electron chi connectivity index (χ1n) is 10.8. The molecule has 0 unspecified atom stereocenters. The molecule has 1 saturated heterocycles. The number of hydrogen-bond acceptors (Lipinski definition) is 5. The van der Waals surface area contributed by atoms with Crippen LogP contribution in [0.4, 0.5) is 10.5 Å². The molecular weight excluding hydrogens is 448 g/mol. The van der Waals surface area contributed by atoms with Gasteiger partial charge in [0.1, 0.15) is 5.75 Å². The van der Waals surface area contributed by atoms with E-state index in [-0.39, 0.29) is 30.2 Å². The van der Waals surface area contributed by atoms with Crippen LogP contribution in [-0.2, 0) is 16.1 Å². The maximum atomic E-state index is 12.8. The summed E-state index contributed by atoms with van der Waals surface area (Å²) in [6.07, 6.45) is 1.69. The zero-order chi connectivity index (χ0) is 24.1. The molecule has 0 spiro atoms. The molecule has 1 heterocycles. The number of carbonyl (C=O) groups excluding carboxylic acids is 3. The summed E-state index contributed by atoms with van der Waals surface area (Å²) >= 11 is 0.934. The second-order valence-electron chi connectivity index (χ2n) is 7.97. The number of benzene rings is 3. The molecule has 0 aromatic heterocycles. The molecule has 0 atom stereocenters. The number of ether oxygens (including phenoxy) is 1. The van der Waals surface area contributed by atoms with E-state index in [1.807, 2.05) is 62.4 Å². The Hall–Kier alpha value is -3.84. The van der Waals surface area contributed by atoms with Gasteiger partial charge in [0, 0.05) is 5.69 Å². The van der Waals surface area contributed by atoms with Gasteiger partial charge in [0.15, 0.2) is 6.61 Å². The number of imide groups is 1. The maximum Gasteiger partial charge on any atom is 0.293 e. The normalized spacial score (nSPS) is 14.5. The van der Waals surface area contributed by atoms with Crippen LogP contribution in [0.5, 0.6) is 5.75 Å². The van der Waals surface area contributed by atoms with Crippen LogP contribution in [0.15, 0.2) is 77.7 Å². The van der Waals surface area contributed by atoms with Crippen molar-refractivity contribution in [3.05, 3.63) is 100.0 Å². The molecule has 0 bridgehead atoms. The van der Waals surface area contributed by atoms with Gasteiger partial charge in [-0.2, -0.15) is 0 Å². The quantitative estimate of drug-likeness (QED) is 0.456. The van der Waals surface area contributed by atoms with Crippen LogP contribution in [0.2, 0.25) is 0 Å². The van der Waals surface area contributed by atoms with Crippen molar-refractivity contribution in [2.75, 3.05) is 11.9 Å². The van der Waals surface area contributed by atoms with Crippen LogP contribution in [-0.4, -0.2) is 28.6 Å². The fourth-order valence-electron chi connectivity index (χ4n) is 3.37. The molecule has 172 valence electrons. The van der Waals surface area contributed by atoms with Crippen molar-refractivity contribution in [2.45, 2.75) is 20.4 Å². The number of amides is 3. The SMILES string of the molecule is Cc1ccc(CN2C(=O)S/C(=C\c3ccc(OCC(=O)Nc4ccccc4C)cc3)C2=O)cc1. The molecule has 6 nitrogen and oxygen atoms in total. The predicted octanol–water partition coefficient (Wildman–Crippen LogP) is 5.56. The number of nitrogens with zero attached hydrogens (tertiary/aromatic N) is 1. The van der Waals surface area contributed by atoms with Crippen molar-refractivity contribution in [3.63, 3.8) is 0 Å². The fourth-order valence-corrected chi connectivity index (χ4v) is 4.21. The van der Waals surface area contributed by atoms with Gasteiger partial charge in [-0.1, -0.05) is 60.2 Å². The third-order valence-electron chi connectivity index (χ3n) is 5.30. The van der Waals surface area contributed by atoms with E-state index in [2.05, 4.69) is 5.32 Å². The van der Waals surface area contributed by atoms with Crippen molar-refractivity contribution < 1.29 is 19.1 Å². The highest BCUT2D eigenvalue weighted by Crippen LogP contribution is 2.33. The van der Waals surface area contributed by atoms with Gasteiger partial charge in [-0.3, -0.25) is 19.3 Å². The third-order valence-corrected chi connectivity index (χ3v) is 6.21. The Morgan fingerprint density at radius 3 is 2.38 bits per heavy atom. The average Bonchev–Trinajstić information content (AvgIpc) is 3.09. The number of rotatable bonds is 7. The summed E-state index contributed by atoms with van der Waals surface area (Å²) in [5.41, 5.74) is 4.52. The molecule has 3 amide bonds. The van der Waals surface area contributed by atoms with Gasteiger partial charge < -0.3 is 10.1 Å². The lowest BCUT2D eigenvalue weighted by Gasteiger charge is -2.12. The number of carbonyl (C=O) groups is 3. The van der Waals surface area contributed by atoms with E-state index in [1.54, 1.807) is 30.3 Å². The van der Waals surface area contributed by atoms with Crippen LogP contribution in [0.25, 0.3) is 6.08 Å². The zero-order valence-corrected chi connectivity index (χ0v) is 19.7. The van der Waals surface area contributed by atoms with Crippen molar-refractivity contribution in [2.24, 2.45) is 0 Å². The number of nitrogens with one attached hydrogen (secondary N) is 1. The predicted molar refractivity (Wildman–Crippen MR) is 134 cm³/mol. The first-order chi connectivity index (χ1) is 16.4. The van der Waals surface area contributed by atoms with E-state index in [0.717, 1.165) is 39.7 Å². The minimum Gasteiger partial charge on any atom is -0.484 e. The summed E-state index contributed by atoms with van der Waals surface area (Å²) in [7, 11) is 0. The Kier molecular flexibility index (Phi) is 7.13. The van der Waals surface area contributed by atoms with Crippen LogP contribution in [0, 0.1) is 13.8 Å². The topological polar surface area (TPSA) is 75.7 Å². The van der Waals surface area contributed by atoms with Crippen LogP contribution in [0.1, 0.15) is 22.3 Å². The van der Waals surface area contributed by atoms with E-state index in [0.29, 0.717) is 10.7 Å². The summed E-state index contributed by atoms with van der Waals surface area (Å²) in [6.45, 7) is 4.04. The summed E-state index contributed by atoms with van der Waals surface area (Å²) in [6, 6.07) is 22.3. The van der Waals surface area contributed by atoms with Crippen LogP contribution < -0.4 is 10.1 Å².